The van der Waals surface area contributed by atoms with Crippen LogP contribution in [0.3, 0.4) is 0 Å². The number of aromatic nitrogens is 2. The molecule has 1 N–H and O–H groups in total. The lowest BCUT2D eigenvalue weighted by Gasteiger charge is -2.04. The lowest BCUT2D eigenvalue weighted by molar-refractivity contribution is 0.545. The van der Waals surface area contributed by atoms with Gasteiger partial charge in [-0.05, 0) is 25.2 Å². The highest BCUT2D eigenvalue weighted by Gasteiger charge is 2.27. The predicted octanol–water partition coefficient (Wildman–Crippen LogP) is 3.65. The molecule has 0 spiro atoms. The molecule has 0 amide bonds. The average molecular weight is 239 g/mol. The van der Waals surface area contributed by atoms with Crippen molar-refractivity contribution in [1.29, 1.82) is 0 Å². The maximum atomic E-state index is 4.50. The highest BCUT2D eigenvalue weighted by atomic mass is 32.1. The summed E-state index contributed by atoms with van der Waals surface area (Å²) in [6, 6.07) is 0. The van der Waals surface area contributed by atoms with Crippen LogP contribution in [0, 0.1) is 5.92 Å². The Morgan fingerprint density at radius 3 is 2.88 bits per heavy atom. The van der Waals surface area contributed by atoms with Crippen molar-refractivity contribution in [1.82, 2.24) is 9.36 Å². The van der Waals surface area contributed by atoms with E-state index in [2.05, 4.69) is 28.5 Å². The summed E-state index contributed by atoms with van der Waals surface area (Å²) in [5.41, 5.74) is 0. The third-order valence-corrected chi connectivity index (χ3v) is 3.56. The fourth-order valence-corrected chi connectivity index (χ4v) is 2.36. The molecule has 1 heterocycles. The number of nitrogens with zero attached hydrogens (tertiary/aromatic N) is 2. The Bertz CT molecular complexity index is 318. The normalized spacial score (nSPS) is 15.7. The Morgan fingerprint density at radius 2 is 2.19 bits per heavy atom. The molecule has 2 rings (SSSR count). The average Bonchev–Trinajstić information content (AvgIpc) is 2.99. The Labute approximate surface area is 102 Å². The van der Waals surface area contributed by atoms with Gasteiger partial charge in [-0.25, -0.2) is 4.98 Å². The summed E-state index contributed by atoms with van der Waals surface area (Å²) in [6.07, 6.45) is 6.43. The molecule has 0 radical (unpaired) electrons. The van der Waals surface area contributed by atoms with Crippen molar-refractivity contribution >= 4 is 16.7 Å². The van der Waals surface area contributed by atoms with Crippen LogP contribution in [0.5, 0.6) is 0 Å². The summed E-state index contributed by atoms with van der Waals surface area (Å²) in [4.78, 5) is 4.50. The van der Waals surface area contributed by atoms with Crippen LogP contribution in [-0.2, 0) is 0 Å². The molecular formula is C12H21N3S. The number of hydrogen-bond acceptors (Lipinski definition) is 4. The predicted molar refractivity (Wildman–Crippen MR) is 69.1 cm³/mol. The van der Waals surface area contributed by atoms with Gasteiger partial charge in [0.25, 0.3) is 0 Å². The van der Waals surface area contributed by atoms with E-state index < -0.39 is 0 Å². The molecule has 0 saturated heterocycles. The fourth-order valence-electron chi connectivity index (χ4n) is 1.69. The van der Waals surface area contributed by atoms with Crippen LogP contribution in [-0.4, -0.2) is 15.9 Å². The van der Waals surface area contributed by atoms with Gasteiger partial charge in [0.15, 0.2) is 0 Å². The Hall–Kier alpha value is -0.640. The second kappa shape index (κ2) is 5.62. The van der Waals surface area contributed by atoms with Crippen LogP contribution in [0.2, 0.25) is 0 Å². The molecule has 1 aliphatic rings. The van der Waals surface area contributed by atoms with E-state index in [0.29, 0.717) is 5.92 Å². The van der Waals surface area contributed by atoms with Gasteiger partial charge in [0.1, 0.15) is 5.82 Å². The van der Waals surface area contributed by atoms with Crippen molar-refractivity contribution in [2.75, 3.05) is 11.9 Å². The van der Waals surface area contributed by atoms with Crippen molar-refractivity contribution < 1.29 is 0 Å². The molecule has 16 heavy (non-hydrogen) atoms. The third-order valence-electron chi connectivity index (χ3n) is 2.87. The summed E-state index contributed by atoms with van der Waals surface area (Å²) in [6.45, 7) is 5.59. The van der Waals surface area contributed by atoms with Crippen molar-refractivity contribution in [3.8, 4) is 0 Å². The molecule has 1 aromatic heterocycles. The van der Waals surface area contributed by atoms with Gasteiger partial charge in [-0.15, -0.1) is 0 Å². The molecule has 0 atom stereocenters. The number of anilines is 1. The minimum Gasteiger partial charge on any atom is -0.360 e. The number of unbranched alkanes of at least 4 members (excludes halogenated alkanes) is 1. The van der Waals surface area contributed by atoms with Crippen LogP contribution in [0.4, 0.5) is 5.13 Å². The lowest BCUT2D eigenvalue weighted by Crippen LogP contribution is -2.01. The molecule has 3 nitrogen and oxygen atoms in total. The summed E-state index contributed by atoms with van der Waals surface area (Å²) < 4.78 is 4.37. The summed E-state index contributed by atoms with van der Waals surface area (Å²) >= 11 is 1.51. The van der Waals surface area contributed by atoms with Crippen molar-refractivity contribution in [2.24, 2.45) is 5.92 Å². The van der Waals surface area contributed by atoms with Crippen LogP contribution in [0.1, 0.15) is 57.7 Å². The van der Waals surface area contributed by atoms with Crippen molar-refractivity contribution in [3.05, 3.63) is 5.82 Å². The van der Waals surface area contributed by atoms with Crippen LogP contribution >= 0.6 is 11.5 Å². The minimum atomic E-state index is 0.674. The standard InChI is InChI=1S/C12H21N3S/c1-9(2)5-3-4-8-13-12-14-11(15-16-12)10-6-7-10/h9-10H,3-8H2,1-2H3,(H,13,14,15). The molecule has 0 aromatic carbocycles. The van der Waals surface area contributed by atoms with Gasteiger partial charge in [-0.1, -0.05) is 26.7 Å². The molecule has 0 unspecified atom stereocenters. The van der Waals surface area contributed by atoms with Gasteiger partial charge in [0.2, 0.25) is 5.13 Å². The smallest absolute Gasteiger partial charge is 0.202 e. The number of nitrogens with one attached hydrogen (secondary N) is 1. The van der Waals surface area contributed by atoms with E-state index in [-0.39, 0.29) is 0 Å². The quantitative estimate of drug-likeness (QED) is 0.738. The van der Waals surface area contributed by atoms with E-state index in [1.165, 1.54) is 43.6 Å². The zero-order chi connectivity index (χ0) is 11.4. The third kappa shape index (κ3) is 3.74. The fraction of sp³-hybridized carbons (Fsp3) is 0.833. The van der Waals surface area contributed by atoms with Crippen LogP contribution in [0.15, 0.2) is 0 Å². The number of rotatable bonds is 7. The monoisotopic (exact) mass is 239 g/mol. The van der Waals surface area contributed by atoms with E-state index in [1.54, 1.807) is 0 Å². The Kier molecular flexibility index (Phi) is 4.16. The van der Waals surface area contributed by atoms with Crippen LogP contribution in [0.25, 0.3) is 0 Å². The highest BCUT2D eigenvalue weighted by Crippen LogP contribution is 2.39. The molecule has 0 bridgehead atoms. The second-order valence-electron chi connectivity index (χ2n) is 5.05. The maximum absolute atomic E-state index is 4.50. The molecule has 1 aromatic rings. The van der Waals surface area contributed by atoms with Gasteiger partial charge in [-0.2, -0.15) is 4.37 Å². The zero-order valence-electron chi connectivity index (χ0n) is 10.2. The first-order chi connectivity index (χ1) is 7.75. The molecule has 1 saturated carbocycles. The molecule has 0 aliphatic heterocycles. The van der Waals surface area contributed by atoms with E-state index >= 15 is 0 Å². The first kappa shape index (κ1) is 11.8. The minimum absolute atomic E-state index is 0.674. The van der Waals surface area contributed by atoms with E-state index in [1.807, 2.05) is 0 Å². The highest BCUT2D eigenvalue weighted by molar-refractivity contribution is 7.09. The van der Waals surface area contributed by atoms with Gasteiger partial charge in [-0.3, -0.25) is 0 Å². The summed E-state index contributed by atoms with van der Waals surface area (Å²) in [5, 5.41) is 4.37. The Morgan fingerprint density at radius 1 is 1.38 bits per heavy atom. The zero-order valence-corrected chi connectivity index (χ0v) is 11.0. The SMILES string of the molecule is CC(C)CCCCNc1nc(C2CC2)ns1. The van der Waals surface area contributed by atoms with E-state index in [9.17, 15) is 0 Å². The molecule has 4 heteroatoms. The van der Waals surface area contributed by atoms with Gasteiger partial charge >= 0.3 is 0 Å². The largest absolute Gasteiger partial charge is 0.360 e. The molecule has 1 fully saturated rings. The summed E-state index contributed by atoms with van der Waals surface area (Å²) in [5.74, 6) is 2.56. The molecule has 1 aliphatic carbocycles. The van der Waals surface area contributed by atoms with Gasteiger partial charge in [0.05, 0.1) is 0 Å². The molecule has 90 valence electrons. The van der Waals surface area contributed by atoms with Crippen LogP contribution < -0.4 is 5.32 Å². The number of hydrogen-bond donors (Lipinski definition) is 1. The maximum Gasteiger partial charge on any atom is 0.202 e. The van der Waals surface area contributed by atoms with Crippen molar-refractivity contribution in [3.63, 3.8) is 0 Å². The van der Waals surface area contributed by atoms with Gasteiger partial charge < -0.3 is 5.32 Å². The first-order valence-electron chi connectivity index (χ1n) is 6.33. The topological polar surface area (TPSA) is 37.8 Å². The Balaban J connectivity index is 1.61. The second-order valence-corrected chi connectivity index (χ2v) is 5.80. The molecular weight excluding hydrogens is 218 g/mol. The van der Waals surface area contributed by atoms with Gasteiger partial charge in [0, 0.05) is 24.0 Å². The van der Waals surface area contributed by atoms with E-state index in [0.717, 1.165) is 23.4 Å². The lowest BCUT2D eigenvalue weighted by atomic mass is 10.1. The first-order valence-corrected chi connectivity index (χ1v) is 7.10. The van der Waals surface area contributed by atoms with Crippen molar-refractivity contribution in [2.45, 2.75) is 51.9 Å². The van der Waals surface area contributed by atoms with E-state index in [4.69, 9.17) is 0 Å². The summed E-state index contributed by atoms with van der Waals surface area (Å²) in [7, 11) is 0.